The lowest BCUT2D eigenvalue weighted by molar-refractivity contribution is -0.183. The third-order valence-corrected chi connectivity index (χ3v) is 5.85. The molecule has 2 heterocycles. The fourth-order valence-corrected chi connectivity index (χ4v) is 4.29. The van der Waals surface area contributed by atoms with Crippen molar-refractivity contribution in [3.63, 3.8) is 0 Å². The minimum absolute atomic E-state index is 0.303. The standard InChI is InChI=1S/C21H27NO3/c23-20(16-17-6-10-21(11-7-17)24-14-15-25-21)22-12-8-19(9-13-22)18-4-2-1-3-5-18/h1-5,8,17H,6-7,9-16H2. The summed E-state index contributed by atoms with van der Waals surface area (Å²) < 4.78 is 11.6. The van der Waals surface area contributed by atoms with Gasteiger partial charge in [-0.3, -0.25) is 4.79 Å². The molecule has 2 fully saturated rings. The van der Waals surface area contributed by atoms with Crippen LogP contribution in [0, 0.1) is 5.92 Å². The Bertz CT molecular complexity index is 624. The van der Waals surface area contributed by atoms with Crippen LogP contribution in [0.2, 0.25) is 0 Å². The first kappa shape index (κ1) is 16.8. The van der Waals surface area contributed by atoms with Gasteiger partial charge in [-0.25, -0.2) is 0 Å². The second-order valence-electron chi connectivity index (χ2n) is 7.44. The van der Waals surface area contributed by atoms with Crippen LogP contribution in [0.15, 0.2) is 36.4 Å². The maximum atomic E-state index is 12.7. The number of ether oxygens (including phenoxy) is 2. The molecule has 25 heavy (non-hydrogen) atoms. The van der Waals surface area contributed by atoms with Crippen LogP contribution in [0.5, 0.6) is 0 Å². The topological polar surface area (TPSA) is 38.8 Å². The minimum Gasteiger partial charge on any atom is -0.348 e. The lowest BCUT2D eigenvalue weighted by atomic mass is 9.83. The first-order valence-corrected chi connectivity index (χ1v) is 9.54. The Morgan fingerprint density at radius 2 is 1.84 bits per heavy atom. The van der Waals surface area contributed by atoms with Crippen LogP contribution in [0.25, 0.3) is 5.57 Å². The van der Waals surface area contributed by atoms with Gasteiger partial charge in [-0.1, -0.05) is 36.4 Å². The molecule has 0 atom stereocenters. The SMILES string of the molecule is O=C(CC1CCC2(CC1)OCCO2)N1CC=C(c2ccccc2)CC1. The summed E-state index contributed by atoms with van der Waals surface area (Å²) in [4.78, 5) is 14.7. The summed E-state index contributed by atoms with van der Waals surface area (Å²) in [6.45, 7) is 3.01. The molecule has 4 heteroatoms. The number of carbonyl (C=O) groups excluding carboxylic acids is 1. The van der Waals surface area contributed by atoms with Gasteiger partial charge in [-0.15, -0.1) is 0 Å². The summed E-state index contributed by atoms with van der Waals surface area (Å²) in [5, 5.41) is 0. The van der Waals surface area contributed by atoms with E-state index in [2.05, 4.69) is 30.3 Å². The molecule has 0 bridgehead atoms. The number of carbonyl (C=O) groups is 1. The van der Waals surface area contributed by atoms with Gasteiger partial charge in [0, 0.05) is 32.4 Å². The molecule has 134 valence electrons. The highest BCUT2D eigenvalue weighted by Crippen LogP contribution is 2.39. The van der Waals surface area contributed by atoms with E-state index in [-0.39, 0.29) is 5.79 Å². The number of hydrogen-bond acceptors (Lipinski definition) is 3. The van der Waals surface area contributed by atoms with E-state index in [1.807, 2.05) is 11.0 Å². The monoisotopic (exact) mass is 341 g/mol. The smallest absolute Gasteiger partial charge is 0.223 e. The van der Waals surface area contributed by atoms with Crippen LogP contribution in [-0.4, -0.2) is 42.9 Å². The van der Waals surface area contributed by atoms with Crippen molar-refractivity contribution in [2.75, 3.05) is 26.3 Å². The van der Waals surface area contributed by atoms with E-state index in [1.165, 1.54) is 11.1 Å². The average molecular weight is 341 g/mol. The molecule has 1 aromatic carbocycles. The summed E-state index contributed by atoms with van der Waals surface area (Å²) in [6, 6.07) is 10.5. The molecule has 1 spiro atoms. The van der Waals surface area contributed by atoms with E-state index in [9.17, 15) is 4.79 Å². The summed E-state index contributed by atoms with van der Waals surface area (Å²) in [5.41, 5.74) is 2.64. The molecule has 2 aliphatic heterocycles. The molecular weight excluding hydrogens is 314 g/mol. The predicted molar refractivity (Wildman–Crippen MR) is 96.8 cm³/mol. The molecule has 3 aliphatic rings. The summed E-state index contributed by atoms with van der Waals surface area (Å²) in [6.07, 6.45) is 7.77. The molecule has 0 unspecified atom stereocenters. The van der Waals surface area contributed by atoms with Gasteiger partial charge in [0.1, 0.15) is 0 Å². The predicted octanol–water partition coefficient (Wildman–Crippen LogP) is 3.63. The lowest BCUT2D eigenvalue weighted by Gasteiger charge is -2.36. The lowest BCUT2D eigenvalue weighted by Crippen LogP contribution is -2.39. The second-order valence-corrected chi connectivity index (χ2v) is 7.44. The summed E-state index contributed by atoms with van der Waals surface area (Å²) in [7, 11) is 0. The summed E-state index contributed by atoms with van der Waals surface area (Å²) in [5.74, 6) is 0.459. The molecule has 1 saturated heterocycles. The highest BCUT2D eigenvalue weighted by atomic mass is 16.7. The van der Waals surface area contributed by atoms with Crippen LogP contribution < -0.4 is 0 Å². The van der Waals surface area contributed by atoms with Crippen LogP contribution >= 0.6 is 0 Å². The molecular formula is C21H27NO3. The van der Waals surface area contributed by atoms with E-state index in [4.69, 9.17) is 9.47 Å². The largest absolute Gasteiger partial charge is 0.348 e. The molecule has 1 aliphatic carbocycles. The Morgan fingerprint density at radius 1 is 1.12 bits per heavy atom. The molecule has 4 nitrogen and oxygen atoms in total. The van der Waals surface area contributed by atoms with Crippen molar-refractivity contribution >= 4 is 11.5 Å². The minimum atomic E-state index is -0.321. The fourth-order valence-electron chi connectivity index (χ4n) is 4.29. The maximum Gasteiger partial charge on any atom is 0.223 e. The normalized spacial score (nSPS) is 23.7. The molecule has 1 aromatic rings. The van der Waals surface area contributed by atoms with Crippen molar-refractivity contribution in [1.29, 1.82) is 0 Å². The molecule has 1 saturated carbocycles. The first-order valence-electron chi connectivity index (χ1n) is 9.54. The van der Waals surface area contributed by atoms with Crippen molar-refractivity contribution in [1.82, 2.24) is 4.90 Å². The van der Waals surface area contributed by atoms with Crippen molar-refractivity contribution in [3.05, 3.63) is 42.0 Å². The molecule has 0 radical (unpaired) electrons. The van der Waals surface area contributed by atoms with E-state index in [0.717, 1.165) is 45.2 Å². The van der Waals surface area contributed by atoms with Gasteiger partial charge in [0.2, 0.25) is 5.91 Å². The third kappa shape index (κ3) is 3.80. The Labute approximate surface area is 149 Å². The van der Waals surface area contributed by atoms with Crippen LogP contribution in [0.4, 0.5) is 0 Å². The number of rotatable bonds is 3. The van der Waals surface area contributed by atoms with Crippen molar-refractivity contribution in [2.45, 2.75) is 44.3 Å². The van der Waals surface area contributed by atoms with Gasteiger partial charge < -0.3 is 14.4 Å². The Balaban J connectivity index is 1.27. The van der Waals surface area contributed by atoms with Gasteiger partial charge in [0.05, 0.1) is 13.2 Å². The number of nitrogens with zero attached hydrogens (tertiary/aromatic N) is 1. The van der Waals surface area contributed by atoms with E-state index in [1.54, 1.807) is 0 Å². The Kier molecular flexibility index (Phi) is 4.91. The highest BCUT2D eigenvalue weighted by Gasteiger charge is 2.40. The average Bonchev–Trinajstić information content (AvgIpc) is 3.13. The number of amides is 1. The molecule has 1 amide bonds. The summed E-state index contributed by atoms with van der Waals surface area (Å²) >= 11 is 0. The molecule has 0 N–H and O–H groups in total. The molecule has 0 aromatic heterocycles. The quantitative estimate of drug-likeness (QED) is 0.843. The van der Waals surface area contributed by atoms with Gasteiger partial charge in [-0.05, 0) is 36.3 Å². The Hall–Kier alpha value is -1.65. The maximum absolute atomic E-state index is 12.7. The van der Waals surface area contributed by atoms with Gasteiger partial charge in [-0.2, -0.15) is 0 Å². The zero-order chi connectivity index (χ0) is 17.1. The van der Waals surface area contributed by atoms with E-state index < -0.39 is 0 Å². The Morgan fingerprint density at radius 3 is 2.48 bits per heavy atom. The zero-order valence-corrected chi connectivity index (χ0v) is 14.8. The van der Waals surface area contributed by atoms with Crippen LogP contribution in [0.3, 0.4) is 0 Å². The van der Waals surface area contributed by atoms with Gasteiger partial charge >= 0.3 is 0 Å². The van der Waals surface area contributed by atoms with Crippen molar-refractivity contribution in [2.24, 2.45) is 5.92 Å². The number of benzene rings is 1. The fraction of sp³-hybridized carbons (Fsp3) is 0.571. The van der Waals surface area contributed by atoms with Gasteiger partial charge in [0.15, 0.2) is 5.79 Å². The first-order chi connectivity index (χ1) is 12.2. The van der Waals surface area contributed by atoms with E-state index in [0.29, 0.717) is 31.5 Å². The zero-order valence-electron chi connectivity index (χ0n) is 14.8. The highest BCUT2D eigenvalue weighted by molar-refractivity contribution is 5.78. The van der Waals surface area contributed by atoms with Crippen LogP contribution in [-0.2, 0) is 14.3 Å². The third-order valence-electron chi connectivity index (χ3n) is 5.85. The number of hydrogen-bond donors (Lipinski definition) is 0. The van der Waals surface area contributed by atoms with Crippen LogP contribution in [0.1, 0.15) is 44.1 Å². The van der Waals surface area contributed by atoms with Crippen molar-refractivity contribution in [3.8, 4) is 0 Å². The molecule has 4 rings (SSSR count). The van der Waals surface area contributed by atoms with Crippen molar-refractivity contribution < 1.29 is 14.3 Å². The van der Waals surface area contributed by atoms with Gasteiger partial charge in [0.25, 0.3) is 0 Å². The second kappa shape index (κ2) is 7.30. The van der Waals surface area contributed by atoms with E-state index >= 15 is 0 Å².